The van der Waals surface area contributed by atoms with Crippen LogP contribution in [0.1, 0.15) is 15.9 Å². The van der Waals surface area contributed by atoms with Crippen LogP contribution in [0, 0.1) is 0 Å². The second-order valence-electron chi connectivity index (χ2n) is 4.81. The minimum absolute atomic E-state index is 0.183. The second kappa shape index (κ2) is 4.52. The highest BCUT2D eigenvalue weighted by Gasteiger charge is 2.20. The van der Waals surface area contributed by atoms with Crippen LogP contribution in [-0.4, -0.2) is 21.7 Å². The normalized spacial score (nSPS) is 12.7. The fraction of sp³-hybridized carbons (Fsp3) is 0. The molecule has 0 radical (unpaired) electrons. The molecule has 0 bridgehead atoms. The molecule has 1 aromatic heterocycles. The molecule has 4 rings (SSSR count). The van der Waals surface area contributed by atoms with Gasteiger partial charge >= 0.3 is 0 Å². The molecule has 0 spiro atoms. The Balaban J connectivity index is 1.93. The Morgan fingerprint density at radius 2 is 1.71 bits per heavy atom. The van der Waals surface area contributed by atoms with Gasteiger partial charge in [-0.15, -0.1) is 0 Å². The fourth-order valence-electron chi connectivity index (χ4n) is 2.60. The van der Waals surface area contributed by atoms with E-state index in [2.05, 4.69) is 9.98 Å². The summed E-state index contributed by atoms with van der Waals surface area (Å²) in [5.74, 6) is -0.183. The summed E-state index contributed by atoms with van der Waals surface area (Å²) in [7, 11) is 0. The van der Waals surface area contributed by atoms with Crippen molar-refractivity contribution in [3.8, 4) is 16.9 Å². The third-order valence-corrected chi connectivity index (χ3v) is 3.60. The highest BCUT2D eigenvalue weighted by Crippen LogP contribution is 2.29. The van der Waals surface area contributed by atoms with Crippen LogP contribution in [0.4, 0.5) is 0 Å². The van der Waals surface area contributed by atoms with E-state index in [4.69, 9.17) is 0 Å². The maximum Gasteiger partial charge on any atom is 0.277 e. The number of fused-ring (bicyclic) bond motifs is 1. The molecule has 0 atom stereocenters. The highest BCUT2D eigenvalue weighted by molar-refractivity contribution is 6.15. The molecule has 0 N–H and O–H groups in total. The first-order valence-corrected chi connectivity index (χ1v) is 6.64. The first-order chi connectivity index (χ1) is 10.3. The van der Waals surface area contributed by atoms with Crippen LogP contribution >= 0.6 is 0 Å². The number of imidazole rings is 1. The third kappa shape index (κ3) is 1.80. The SMILES string of the molecule is O=C1N=Cc2c1cccc2-c1cncn1-c1ccccc1. The molecule has 0 unspecified atom stereocenters. The molecule has 1 aliphatic rings. The van der Waals surface area contributed by atoms with Gasteiger partial charge in [-0.05, 0) is 18.2 Å². The van der Waals surface area contributed by atoms with Gasteiger partial charge in [-0.3, -0.25) is 9.36 Å². The lowest BCUT2D eigenvalue weighted by Crippen LogP contribution is -1.99. The van der Waals surface area contributed by atoms with Crippen molar-refractivity contribution in [2.45, 2.75) is 0 Å². The lowest BCUT2D eigenvalue weighted by Gasteiger charge is -2.10. The average molecular weight is 273 g/mol. The van der Waals surface area contributed by atoms with E-state index in [1.807, 2.05) is 47.0 Å². The van der Waals surface area contributed by atoms with Gasteiger partial charge in [-0.1, -0.05) is 30.3 Å². The summed E-state index contributed by atoms with van der Waals surface area (Å²) in [6.07, 6.45) is 5.21. The van der Waals surface area contributed by atoms with Crippen LogP contribution in [0.25, 0.3) is 16.9 Å². The Labute approximate surface area is 121 Å². The molecule has 0 fully saturated rings. The van der Waals surface area contributed by atoms with Crippen LogP contribution in [0.5, 0.6) is 0 Å². The lowest BCUT2D eigenvalue weighted by atomic mass is 10.0. The first kappa shape index (κ1) is 11.8. The van der Waals surface area contributed by atoms with Gasteiger partial charge < -0.3 is 0 Å². The topological polar surface area (TPSA) is 47.2 Å². The number of carbonyl (C=O) groups is 1. The van der Waals surface area contributed by atoms with Crippen molar-refractivity contribution >= 4 is 12.1 Å². The molecule has 0 saturated heterocycles. The Bertz CT molecular complexity index is 863. The van der Waals surface area contributed by atoms with Crippen molar-refractivity contribution in [3.05, 3.63) is 72.2 Å². The highest BCUT2D eigenvalue weighted by atomic mass is 16.1. The van der Waals surface area contributed by atoms with Crippen LogP contribution in [-0.2, 0) is 0 Å². The van der Waals surface area contributed by atoms with Crippen molar-refractivity contribution in [2.75, 3.05) is 0 Å². The predicted molar refractivity (Wildman–Crippen MR) is 80.9 cm³/mol. The number of amides is 1. The minimum Gasteiger partial charge on any atom is -0.299 e. The molecule has 0 saturated carbocycles. The van der Waals surface area contributed by atoms with E-state index in [1.54, 1.807) is 24.8 Å². The number of aliphatic imine (C=N–C) groups is 1. The molecular formula is C17H11N3O. The maximum absolute atomic E-state index is 11.7. The summed E-state index contributed by atoms with van der Waals surface area (Å²) in [6.45, 7) is 0. The van der Waals surface area contributed by atoms with Gasteiger partial charge in [0.1, 0.15) is 0 Å². The first-order valence-electron chi connectivity index (χ1n) is 6.64. The van der Waals surface area contributed by atoms with Crippen LogP contribution in [0.3, 0.4) is 0 Å². The fourth-order valence-corrected chi connectivity index (χ4v) is 2.60. The van der Waals surface area contributed by atoms with Crippen molar-refractivity contribution in [2.24, 2.45) is 4.99 Å². The molecule has 3 aromatic rings. The molecule has 100 valence electrons. The number of rotatable bonds is 2. The van der Waals surface area contributed by atoms with Gasteiger partial charge in [-0.2, -0.15) is 0 Å². The molecule has 1 aliphatic heterocycles. The zero-order valence-corrected chi connectivity index (χ0v) is 11.1. The summed E-state index contributed by atoms with van der Waals surface area (Å²) in [5, 5.41) is 0. The maximum atomic E-state index is 11.7. The standard InChI is InChI=1S/C17H11N3O/c21-17-14-8-4-7-13(15(14)9-19-17)16-10-18-11-20(16)12-5-2-1-3-6-12/h1-11H. The lowest BCUT2D eigenvalue weighted by molar-refractivity contribution is 0.101. The molecule has 2 heterocycles. The van der Waals surface area contributed by atoms with Crippen molar-refractivity contribution < 1.29 is 4.79 Å². The number of carbonyl (C=O) groups excluding carboxylic acids is 1. The summed E-state index contributed by atoms with van der Waals surface area (Å²) in [4.78, 5) is 19.9. The van der Waals surface area contributed by atoms with Crippen molar-refractivity contribution in [1.29, 1.82) is 0 Å². The van der Waals surface area contributed by atoms with Gasteiger partial charge in [0.2, 0.25) is 0 Å². The summed E-state index contributed by atoms with van der Waals surface area (Å²) in [5.41, 5.74) is 4.44. The zero-order chi connectivity index (χ0) is 14.2. The molecule has 2 aromatic carbocycles. The van der Waals surface area contributed by atoms with Crippen LogP contribution in [0.15, 0.2) is 66.0 Å². The Kier molecular flexibility index (Phi) is 2.54. The predicted octanol–water partition coefficient (Wildman–Crippen LogP) is 3.11. The van der Waals surface area contributed by atoms with Crippen LogP contribution in [0.2, 0.25) is 0 Å². The number of hydrogen-bond acceptors (Lipinski definition) is 2. The van der Waals surface area contributed by atoms with Crippen molar-refractivity contribution in [1.82, 2.24) is 9.55 Å². The van der Waals surface area contributed by atoms with E-state index in [0.717, 1.165) is 22.5 Å². The molecule has 4 nitrogen and oxygen atoms in total. The Morgan fingerprint density at radius 3 is 2.57 bits per heavy atom. The summed E-state index contributed by atoms with van der Waals surface area (Å²) >= 11 is 0. The number of hydrogen-bond donors (Lipinski definition) is 0. The Hall–Kier alpha value is -3.01. The number of aromatic nitrogens is 2. The zero-order valence-electron chi connectivity index (χ0n) is 11.1. The van der Waals surface area contributed by atoms with E-state index in [9.17, 15) is 4.79 Å². The smallest absolute Gasteiger partial charge is 0.277 e. The van der Waals surface area contributed by atoms with Gasteiger partial charge in [-0.25, -0.2) is 9.98 Å². The molecule has 4 heteroatoms. The van der Waals surface area contributed by atoms with Crippen molar-refractivity contribution in [3.63, 3.8) is 0 Å². The second-order valence-corrected chi connectivity index (χ2v) is 4.81. The Morgan fingerprint density at radius 1 is 0.905 bits per heavy atom. The third-order valence-electron chi connectivity index (χ3n) is 3.60. The van der Waals surface area contributed by atoms with E-state index in [1.165, 1.54) is 0 Å². The van der Waals surface area contributed by atoms with Gasteiger partial charge in [0.05, 0.1) is 23.8 Å². The largest absolute Gasteiger partial charge is 0.299 e. The summed E-state index contributed by atoms with van der Waals surface area (Å²) in [6, 6.07) is 15.7. The molecule has 21 heavy (non-hydrogen) atoms. The number of nitrogens with zero attached hydrogens (tertiary/aromatic N) is 3. The average Bonchev–Trinajstić information content (AvgIpc) is 3.15. The van der Waals surface area contributed by atoms with E-state index >= 15 is 0 Å². The number of para-hydroxylation sites is 1. The van der Waals surface area contributed by atoms with E-state index < -0.39 is 0 Å². The van der Waals surface area contributed by atoms with E-state index in [0.29, 0.717) is 5.56 Å². The minimum atomic E-state index is -0.183. The molecule has 1 amide bonds. The number of benzene rings is 2. The quantitative estimate of drug-likeness (QED) is 0.720. The molecular weight excluding hydrogens is 262 g/mol. The van der Waals surface area contributed by atoms with E-state index in [-0.39, 0.29) is 5.91 Å². The summed E-state index contributed by atoms with van der Waals surface area (Å²) < 4.78 is 2.01. The van der Waals surface area contributed by atoms with Gasteiger partial charge in [0.15, 0.2) is 0 Å². The van der Waals surface area contributed by atoms with Gasteiger partial charge in [0, 0.05) is 23.0 Å². The monoisotopic (exact) mass is 273 g/mol. The molecule has 0 aliphatic carbocycles. The van der Waals surface area contributed by atoms with Gasteiger partial charge in [0.25, 0.3) is 5.91 Å². The van der Waals surface area contributed by atoms with Crippen LogP contribution < -0.4 is 0 Å².